The molecule has 302 valence electrons. The summed E-state index contributed by atoms with van der Waals surface area (Å²) in [6.07, 6.45) is 8.34. The number of halogens is 4. The van der Waals surface area contributed by atoms with Gasteiger partial charge in [0.25, 0.3) is 5.91 Å². The van der Waals surface area contributed by atoms with Crippen LogP contribution in [0.25, 0.3) is 0 Å². The lowest BCUT2D eigenvalue weighted by molar-refractivity contribution is -0.377. The monoisotopic (exact) mass is 818 g/mol. The van der Waals surface area contributed by atoms with Gasteiger partial charge < -0.3 is 34.3 Å². The molecule has 2 aromatic carbocycles. The topological polar surface area (TPSA) is 136 Å². The van der Waals surface area contributed by atoms with Crippen LogP contribution in [-0.2, 0) is 15.9 Å². The molecule has 0 spiro atoms. The standard InChI is InChI=1S/C41H47Cl2F2N3O8/c1-41(2,3)56-40(51)48-28-12-10-27(11-13-28)47-37(49)29-14-8-26(17-35(29)52-21-23-4-5-23)38(50)54-34(18-30-31(42)19-46-20-32(30)43)25-9-15-33(55-39(44)45)36(16-25)53-22-24-6-7-24/h8-9,14-17,19-20,23-24,27-28,34,39H,4-7,10-13,18,21-22H2,1-3H3,(H,47,49)(H,48,51)/p+1/t27?,28?,34-/m0/s1. The number of hydrogen-bond acceptors (Lipinski definition) is 8. The van der Waals surface area contributed by atoms with Crippen LogP contribution in [0.1, 0.15) is 110 Å². The Kier molecular flexibility index (Phi) is 13.5. The number of nitrogens with one attached hydrogen (secondary N) is 3. The van der Waals surface area contributed by atoms with E-state index in [0.717, 1.165) is 25.7 Å². The summed E-state index contributed by atoms with van der Waals surface area (Å²) in [5.74, 6) is -0.178. The average molecular weight is 820 g/mol. The van der Waals surface area contributed by atoms with E-state index in [-0.39, 0.29) is 52.8 Å². The molecular weight excluding hydrogens is 771 g/mol. The Hall–Kier alpha value is -4.36. The number of amides is 2. The van der Waals surface area contributed by atoms with Crippen LogP contribution >= 0.6 is 23.2 Å². The van der Waals surface area contributed by atoms with E-state index in [9.17, 15) is 23.2 Å². The number of aromatic amines is 1. The Balaban J connectivity index is 1.19. The Morgan fingerprint density at radius 3 is 2.00 bits per heavy atom. The summed E-state index contributed by atoms with van der Waals surface area (Å²) < 4.78 is 54.9. The summed E-state index contributed by atoms with van der Waals surface area (Å²) in [5, 5.41) is 6.62. The number of rotatable bonds is 16. The minimum atomic E-state index is -3.07. The highest BCUT2D eigenvalue weighted by Crippen LogP contribution is 2.38. The molecule has 3 aliphatic rings. The molecular formula is C41H48Cl2F2N3O8+. The Bertz CT molecular complexity index is 1860. The number of carbonyl (C=O) groups excluding carboxylic acids is 3. The smallest absolute Gasteiger partial charge is 0.407 e. The number of benzene rings is 2. The van der Waals surface area contributed by atoms with Gasteiger partial charge >= 0.3 is 18.7 Å². The third-order valence-electron chi connectivity index (χ3n) is 9.78. The van der Waals surface area contributed by atoms with Crippen LogP contribution in [0.5, 0.6) is 17.2 Å². The third-order valence-corrected chi connectivity index (χ3v) is 10.5. The van der Waals surface area contributed by atoms with Crippen molar-refractivity contribution in [1.82, 2.24) is 10.6 Å². The second-order valence-corrected chi connectivity index (χ2v) is 16.5. The predicted octanol–water partition coefficient (Wildman–Crippen LogP) is 8.69. The number of H-pyrrole nitrogens is 1. The normalized spacial score (nSPS) is 18.8. The molecule has 3 fully saturated rings. The molecule has 0 unspecified atom stereocenters. The van der Waals surface area contributed by atoms with Crippen molar-refractivity contribution in [2.24, 2.45) is 11.8 Å². The van der Waals surface area contributed by atoms with Crippen LogP contribution in [0.3, 0.4) is 0 Å². The second kappa shape index (κ2) is 18.3. The van der Waals surface area contributed by atoms with Gasteiger partial charge in [0, 0.05) is 24.1 Å². The van der Waals surface area contributed by atoms with Gasteiger partial charge in [-0.15, -0.1) is 0 Å². The molecule has 1 aromatic heterocycles. The van der Waals surface area contributed by atoms with E-state index in [1.165, 1.54) is 30.3 Å². The van der Waals surface area contributed by atoms with Crippen molar-refractivity contribution in [3.63, 3.8) is 0 Å². The van der Waals surface area contributed by atoms with Crippen LogP contribution in [0.4, 0.5) is 13.6 Å². The number of esters is 1. The van der Waals surface area contributed by atoms with E-state index in [0.29, 0.717) is 71.9 Å². The average Bonchev–Trinajstić information content (AvgIpc) is 4.07. The van der Waals surface area contributed by atoms with Crippen molar-refractivity contribution >= 4 is 41.2 Å². The summed E-state index contributed by atoms with van der Waals surface area (Å²) in [6, 6.07) is 8.77. The van der Waals surface area contributed by atoms with Crippen molar-refractivity contribution in [3.05, 3.63) is 81.1 Å². The first-order valence-electron chi connectivity index (χ1n) is 19.0. The Labute approximate surface area is 335 Å². The summed E-state index contributed by atoms with van der Waals surface area (Å²) in [7, 11) is 0. The number of aromatic nitrogens is 1. The lowest BCUT2D eigenvalue weighted by Crippen LogP contribution is -2.45. The van der Waals surface area contributed by atoms with Crippen molar-refractivity contribution in [2.45, 2.75) is 109 Å². The van der Waals surface area contributed by atoms with Crippen molar-refractivity contribution in [1.29, 1.82) is 0 Å². The van der Waals surface area contributed by atoms with Crippen LogP contribution in [0.2, 0.25) is 10.0 Å². The largest absolute Gasteiger partial charge is 0.492 e. The third kappa shape index (κ3) is 12.1. The zero-order chi connectivity index (χ0) is 40.0. The summed E-state index contributed by atoms with van der Waals surface area (Å²) >= 11 is 13.0. The van der Waals surface area contributed by atoms with E-state index in [2.05, 4.69) is 15.6 Å². The number of hydrogen-bond donors (Lipinski definition) is 2. The summed E-state index contributed by atoms with van der Waals surface area (Å²) in [4.78, 5) is 42.7. The van der Waals surface area contributed by atoms with E-state index in [1.807, 2.05) is 20.8 Å². The molecule has 0 aliphatic heterocycles. The first-order valence-corrected chi connectivity index (χ1v) is 19.8. The molecule has 1 atom stereocenters. The maximum absolute atomic E-state index is 13.9. The molecule has 0 radical (unpaired) electrons. The van der Waals surface area contributed by atoms with Crippen molar-refractivity contribution < 1.29 is 51.8 Å². The summed E-state index contributed by atoms with van der Waals surface area (Å²) in [6.45, 7) is 3.08. The van der Waals surface area contributed by atoms with Crippen molar-refractivity contribution in [3.8, 4) is 17.2 Å². The van der Waals surface area contributed by atoms with Gasteiger partial charge in [-0.05, 0) is 120 Å². The van der Waals surface area contributed by atoms with Crippen LogP contribution in [0.15, 0.2) is 48.8 Å². The van der Waals surface area contributed by atoms with Crippen LogP contribution in [-0.4, -0.2) is 55.5 Å². The van der Waals surface area contributed by atoms with Gasteiger partial charge in [-0.1, -0.05) is 29.3 Å². The molecule has 3 saturated carbocycles. The summed E-state index contributed by atoms with van der Waals surface area (Å²) in [5.41, 5.74) is 0.741. The molecule has 3 aromatic rings. The number of carbonyl (C=O) groups is 3. The molecule has 0 saturated heterocycles. The van der Waals surface area contributed by atoms with Gasteiger partial charge in [0.15, 0.2) is 23.9 Å². The highest BCUT2D eigenvalue weighted by Gasteiger charge is 2.30. The second-order valence-electron chi connectivity index (χ2n) is 15.7. The molecule has 11 nitrogen and oxygen atoms in total. The van der Waals surface area contributed by atoms with Gasteiger partial charge in [-0.25, -0.2) is 14.6 Å². The molecule has 15 heteroatoms. The fraction of sp³-hybridized carbons (Fsp3) is 0.512. The minimum absolute atomic E-state index is 0.0380. The van der Waals surface area contributed by atoms with Crippen LogP contribution < -0.4 is 29.8 Å². The number of alkyl carbamates (subject to hydrolysis) is 1. The number of pyridine rings is 1. The van der Waals surface area contributed by atoms with Crippen molar-refractivity contribution in [2.75, 3.05) is 13.2 Å². The molecule has 2 amide bonds. The Morgan fingerprint density at radius 2 is 1.41 bits per heavy atom. The van der Waals surface area contributed by atoms with Gasteiger partial charge in [0.05, 0.1) is 24.3 Å². The maximum atomic E-state index is 13.9. The molecule has 3 aliphatic carbocycles. The molecule has 56 heavy (non-hydrogen) atoms. The molecule has 3 N–H and O–H groups in total. The quantitative estimate of drug-likeness (QED) is 0.137. The first kappa shape index (κ1) is 41.3. The fourth-order valence-electron chi connectivity index (χ4n) is 6.37. The molecule has 1 heterocycles. The predicted molar refractivity (Wildman–Crippen MR) is 204 cm³/mol. The maximum Gasteiger partial charge on any atom is 0.407 e. The van der Waals surface area contributed by atoms with Crippen LogP contribution in [0, 0.1) is 11.8 Å². The Morgan fingerprint density at radius 1 is 0.804 bits per heavy atom. The van der Waals surface area contributed by atoms with Gasteiger partial charge in [0.2, 0.25) is 0 Å². The number of ether oxygens (including phenoxy) is 5. The van der Waals surface area contributed by atoms with Gasteiger partial charge in [0.1, 0.15) is 27.5 Å². The van der Waals surface area contributed by atoms with E-state index in [4.69, 9.17) is 46.9 Å². The first-order chi connectivity index (χ1) is 26.7. The molecule has 6 rings (SSSR count). The minimum Gasteiger partial charge on any atom is -0.492 e. The zero-order valence-electron chi connectivity index (χ0n) is 31.6. The van der Waals surface area contributed by atoms with Gasteiger partial charge in [-0.3, -0.25) is 4.79 Å². The zero-order valence-corrected chi connectivity index (χ0v) is 33.2. The SMILES string of the molecule is CC(C)(C)OC(=O)NC1CCC(NC(=O)c2ccc(C(=O)O[C@@H](Cc3c(Cl)c[nH+]cc3Cl)c3ccc(OC(F)F)c(OCC4CC4)c3)cc2OCC2CC2)CC1. The molecule has 0 bridgehead atoms. The van der Waals surface area contributed by atoms with E-state index in [1.54, 1.807) is 18.5 Å². The fourth-order valence-corrected chi connectivity index (χ4v) is 6.90. The lowest BCUT2D eigenvalue weighted by Gasteiger charge is -2.30. The number of alkyl halides is 2. The highest BCUT2D eigenvalue weighted by molar-refractivity contribution is 6.35. The lowest BCUT2D eigenvalue weighted by atomic mass is 9.91. The van der Waals surface area contributed by atoms with E-state index < -0.39 is 30.4 Å². The van der Waals surface area contributed by atoms with Gasteiger partial charge in [-0.2, -0.15) is 8.78 Å². The van der Waals surface area contributed by atoms with E-state index >= 15 is 0 Å². The highest BCUT2D eigenvalue weighted by atomic mass is 35.5.